The molecule has 0 aromatic carbocycles. The normalized spacial score (nSPS) is 12.9. The van der Waals surface area contributed by atoms with E-state index < -0.39 is 0 Å². The van der Waals surface area contributed by atoms with E-state index in [-0.39, 0.29) is 11.9 Å². The molecule has 0 aliphatic carbocycles. The molecule has 0 rings (SSSR count). The maximum absolute atomic E-state index is 11.2. The van der Waals surface area contributed by atoms with Crippen LogP contribution in [0.1, 0.15) is 26.2 Å². The second-order valence-corrected chi connectivity index (χ2v) is 3.82. The summed E-state index contributed by atoms with van der Waals surface area (Å²) in [5.41, 5.74) is 5.56. The van der Waals surface area contributed by atoms with E-state index in [2.05, 4.69) is 10.2 Å². The Kier molecular flexibility index (Phi) is 7.42. The Labute approximate surface area is 86.8 Å². The first-order valence-electron chi connectivity index (χ1n) is 5.26. The predicted octanol–water partition coefficient (Wildman–Crippen LogP) is 0.182. The first-order valence-corrected chi connectivity index (χ1v) is 5.26. The van der Waals surface area contributed by atoms with E-state index in [4.69, 9.17) is 5.73 Å². The minimum absolute atomic E-state index is 0.0302. The zero-order valence-electron chi connectivity index (χ0n) is 9.55. The summed E-state index contributed by atoms with van der Waals surface area (Å²) in [5.74, 6) is -0.0302. The van der Waals surface area contributed by atoms with Crippen LogP contribution in [0.3, 0.4) is 0 Å². The average Bonchev–Trinajstić information content (AvgIpc) is 2.15. The van der Waals surface area contributed by atoms with Gasteiger partial charge in [0.2, 0.25) is 5.91 Å². The van der Waals surface area contributed by atoms with Crippen molar-refractivity contribution in [1.29, 1.82) is 0 Å². The Morgan fingerprint density at radius 1 is 1.43 bits per heavy atom. The Bertz CT molecular complexity index is 159. The monoisotopic (exact) mass is 201 g/mol. The summed E-state index contributed by atoms with van der Waals surface area (Å²) < 4.78 is 0. The van der Waals surface area contributed by atoms with E-state index in [9.17, 15) is 4.79 Å². The van der Waals surface area contributed by atoms with Crippen molar-refractivity contribution < 1.29 is 4.79 Å². The topological polar surface area (TPSA) is 58.4 Å². The van der Waals surface area contributed by atoms with Crippen LogP contribution in [0.15, 0.2) is 0 Å². The molecule has 84 valence electrons. The summed E-state index contributed by atoms with van der Waals surface area (Å²) in [4.78, 5) is 13.4. The van der Waals surface area contributed by atoms with Gasteiger partial charge in [0.1, 0.15) is 0 Å². The fourth-order valence-electron chi connectivity index (χ4n) is 1.08. The summed E-state index contributed by atoms with van der Waals surface area (Å²) >= 11 is 0. The highest BCUT2D eigenvalue weighted by molar-refractivity contribution is 5.81. The fraction of sp³-hybridized carbons (Fsp3) is 0.900. The molecule has 0 spiro atoms. The number of hydrogen-bond acceptors (Lipinski definition) is 3. The third-order valence-electron chi connectivity index (χ3n) is 2.11. The number of rotatable bonds is 7. The van der Waals surface area contributed by atoms with Gasteiger partial charge in [0.25, 0.3) is 0 Å². The van der Waals surface area contributed by atoms with Gasteiger partial charge in [0, 0.05) is 6.54 Å². The van der Waals surface area contributed by atoms with Gasteiger partial charge >= 0.3 is 0 Å². The van der Waals surface area contributed by atoms with Crippen LogP contribution in [-0.4, -0.2) is 44.0 Å². The lowest BCUT2D eigenvalue weighted by Crippen LogP contribution is -2.40. The molecule has 1 amide bonds. The zero-order chi connectivity index (χ0) is 11.0. The Morgan fingerprint density at radius 3 is 2.57 bits per heavy atom. The molecule has 0 aliphatic rings. The molecule has 0 saturated carbocycles. The van der Waals surface area contributed by atoms with Gasteiger partial charge in [-0.05, 0) is 39.9 Å². The number of carbonyl (C=O) groups excluding carboxylic acids is 1. The molecule has 0 radical (unpaired) electrons. The van der Waals surface area contributed by atoms with Gasteiger partial charge < -0.3 is 16.0 Å². The first-order chi connectivity index (χ1) is 6.57. The van der Waals surface area contributed by atoms with E-state index in [1.165, 1.54) is 0 Å². The van der Waals surface area contributed by atoms with Gasteiger partial charge in [-0.1, -0.05) is 6.92 Å². The van der Waals surface area contributed by atoms with Crippen LogP contribution >= 0.6 is 0 Å². The summed E-state index contributed by atoms with van der Waals surface area (Å²) in [6, 6.07) is -0.344. The van der Waals surface area contributed by atoms with Crippen molar-refractivity contribution in [2.45, 2.75) is 32.2 Å². The smallest absolute Gasteiger partial charge is 0.236 e. The van der Waals surface area contributed by atoms with Crippen LogP contribution in [0.4, 0.5) is 0 Å². The fourth-order valence-corrected chi connectivity index (χ4v) is 1.08. The van der Waals surface area contributed by atoms with Gasteiger partial charge in [-0.3, -0.25) is 4.79 Å². The maximum atomic E-state index is 11.2. The molecule has 4 heteroatoms. The highest BCUT2D eigenvalue weighted by atomic mass is 16.2. The molecule has 0 unspecified atom stereocenters. The minimum atomic E-state index is -0.344. The van der Waals surface area contributed by atoms with Crippen LogP contribution in [-0.2, 0) is 4.79 Å². The Morgan fingerprint density at radius 2 is 2.07 bits per heavy atom. The second-order valence-electron chi connectivity index (χ2n) is 3.82. The second kappa shape index (κ2) is 7.76. The summed E-state index contributed by atoms with van der Waals surface area (Å²) in [5, 5.41) is 2.82. The number of nitrogens with two attached hydrogens (primary N) is 1. The van der Waals surface area contributed by atoms with Crippen molar-refractivity contribution in [3.63, 3.8) is 0 Å². The van der Waals surface area contributed by atoms with Gasteiger partial charge in [-0.2, -0.15) is 0 Å². The number of amides is 1. The number of unbranched alkanes of at least 4 members (excludes halogenated alkanes) is 1. The van der Waals surface area contributed by atoms with Crippen molar-refractivity contribution in [3.8, 4) is 0 Å². The Hall–Kier alpha value is -0.610. The number of carbonyl (C=O) groups is 1. The quantitative estimate of drug-likeness (QED) is 0.578. The van der Waals surface area contributed by atoms with Gasteiger partial charge in [0.05, 0.1) is 6.04 Å². The molecule has 0 aromatic heterocycles. The molecule has 0 saturated heterocycles. The van der Waals surface area contributed by atoms with E-state index in [1.807, 2.05) is 21.0 Å². The standard InChI is InChI=1S/C10H23N3O/c1-4-9(11)10(14)12-7-5-6-8-13(2)3/h9H,4-8,11H2,1-3H3,(H,12,14)/t9-/m0/s1. The van der Waals surface area contributed by atoms with Gasteiger partial charge in [-0.15, -0.1) is 0 Å². The lowest BCUT2D eigenvalue weighted by Gasteiger charge is -2.11. The summed E-state index contributed by atoms with van der Waals surface area (Å²) in [7, 11) is 4.09. The van der Waals surface area contributed by atoms with E-state index in [0.717, 1.165) is 25.9 Å². The molecule has 0 aromatic rings. The molecule has 0 fully saturated rings. The highest BCUT2D eigenvalue weighted by Crippen LogP contribution is 1.90. The van der Waals surface area contributed by atoms with Crippen LogP contribution in [0, 0.1) is 0 Å². The van der Waals surface area contributed by atoms with Crippen LogP contribution in [0.5, 0.6) is 0 Å². The van der Waals surface area contributed by atoms with E-state index in [0.29, 0.717) is 6.42 Å². The molecule has 0 heterocycles. The van der Waals surface area contributed by atoms with Crippen molar-refractivity contribution in [2.24, 2.45) is 5.73 Å². The highest BCUT2D eigenvalue weighted by Gasteiger charge is 2.08. The Balaban J connectivity index is 3.32. The molecular formula is C10H23N3O. The number of nitrogens with zero attached hydrogens (tertiary/aromatic N) is 1. The molecular weight excluding hydrogens is 178 g/mol. The molecule has 3 N–H and O–H groups in total. The summed E-state index contributed by atoms with van der Waals surface area (Å²) in [6.07, 6.45) is 2.82. The van der Waals surface area contributed by atoms with Crippen molar-refractivity contribution in [3.05, 3.63) is 0 Å². The number of hydrogen-bond donors (Lipinski definition) is 2. The maximum Gasteiger partial charge on any atom is 0.236 e. The lowest BCUT2D eigenvalue weighted by molar-refractivity contribution is -0.122. The molecule has 4 nitrogen and oxygen atoms in total. The van der Waals surface area contributed by atoms with Crippen LogP contribution < -0.4 is 11.1 Å². The lowest BCUT2D eigenvalue weighted by atomic mass is 10.2. The average molecular weight is 201 g/mol. The summed E-state index contributed by atoms with van der Waals surface area (Å²) in [6.45, 7) is 3.71. The van der Waals surface area contributed by atoms with E-state index in [1.54, 1.807) is 0 Å². The molecule has 0 aliphatic heterocycles. The zero-order valence-corrected chi connectivity index (χ0v) is 9.55. The molecule has 1 atom stereocenters. The molecule has 14 heavy (non-hydrogen) atoms. The van der Waals surface area contributed by atoms with Crippen LogP contribution in [0.2, 0.25) is 0 Å². The third-order valence-corrected chi connectivity index (χ3v) is 2.11. The van der Waals surface area contributed by atoms with Gasteiger partial charge in [-0.25, -0.2) is 0 Å². The van der Waals surface area contributed by atoms with Crippen LogP contribution in [0.25, 0.3) is 0 Å². The van der Waals surface area contributed by atoms with Crippen molar-refractivity contribution in [1.82, 2.24) is 10.2 Å². The predicted molar refractivity (Wildman–Crippen MR) is 59.1 cm³/mol. The third kappa shape index (κ3) is 6.86. The minimum Gasteiger partial charge on any atom is -0.355 e. The van der Waals surface area contributed by atoms with Crippen molar-refractivity contribution >= 4 is 5.91 Å². The molecule has 0 bridgehead atoms. The van der Waals surface area contributed by atoms with Crippen molar-refractivity contribution in [2.75, 3.05) is 27.2 Å². The largest absolute Gasteiger partial charge is 0.355 e. The van der Waals surface area contributed by atoms with Gasteiger partial charge in [0.15, 0.2) is 0 Å². The van der Waals surface area contributed by atoms with E-state index >= 15 is 0 Å². The SMILES string of the molecule is CC[C@H](N)C(=O)NCCCCN(C)C. The number of nitrogens with one attached hydrogen (secondary N) is 1. The first kappa shape index (κ1) is 13.4.